The van der Waals surface area contributed by atoms with Gasteiger partial charge in [0.05, 0.1) is 5.41 Å². The molecule has 2 unspecified atom stereocenters. The summed E-state index contributed by atoms with van der Waals surface area (Å²) in [7, 11) is 0. The van der Waals surface area contributed by atoms with Crippen molar-refractivity contribution in [2.45, 2.75) is 25.8 Å². The van der Waals surface area contributed by atoms with Crippen molar-refractivity contribution in [1.82, 2.24) is 10.6 Å². The number of nitrogens with one attached hydrogen (secondary N) is 2. The van der Waals surface area contributed by atoms with Crippen molar-refractivity contribution in [3.8, 4) is 0 Å². The molecule has 0 aromatic heterocycles. The number of carbonyl (C=O) groups is 2. The Kier molecular flexibility index (Phi) is 4.39. The average molecular weight is 276 g/mol. The molecule has 1 aromatic rings. The molecule has 20 heavy (non-hydrogen) atoms. The Labute approximate surface area is 118 Å². The minimum atomic E-state index is -1.00. The van der Waals surface area contributed by atoms with Gasteiger partial charge in [-0.1, -0.05) is 30.3 Å². The third-order valence-electron chi connectivity index (χ3n) is 3.80. The van der Waals surface area contributed by atoms with Gasteiger partial charge in [-0.3, -0.25) is 4.79 Å². The first-order valence-corrected chi connectivity index (χ1v) is 6.80. The third-order valence-corrected chi connectivity index (χ3v) is 3.80. The van der Waals surface area contributed by atoms with Crippen molar-refractivity contribution >= 4 is 11.9 Å². The minimum absolute atomic E-state index is 0.189. The number of rotatable bonds is 5. The summed E-state index contributed by atoms with van der Waals surface area (Å²) in [5.74, 6) is -1.19. The van der Waals surface area contributed by atoms with E-state index >= 15 is 0 Å². The molecule has 0 spiro atoms. The second-order valence-electron chi connectivity index (χ2n) is 5.54. The van der Waals surface area contributed by atoms with E-state index in [2.05, 4.69) is 10.6 Å². The number of carboxylic acid groups (broad SMARTS) is 1. The number of carbonyl (C=O) groups excluding carboxylic acids is 1. The lowest BCUT2D eigenvalue weighted by Crippen LogP contribution is -2.49. The fourth-order valence-electron chi connectivity index (χ4n) is 2.39. The second kappa shape index (κ2) is 6.05. The minimum Gasteiger partial charge on any atom is -0.480 e. The summed E-state index contributed by atoms with van der Waals surface area (Å²) >= 11 is 0. The Morgan fingerprint density at radius 3 is 2.65 bits per heavy atom. The monoisotopic (exact) mass is 276 g/mol. The van der Waals surface area contributed by atoms with E-state index in [-0.39, 0.29) is 5.91 Å². The van der Waals surface area contributed by atoms with Crippen molar-refractivity contribution in [1.29, 1.82) is 0 Å². The summed E-state index contributed by atoms with van der Waals surface area (Å²) in [5.41, 5.74) is 0.389. The second-order valence-corrected chi connectivity index (χ2v) is 5.54. The number of aliphatic carboxylic acids is 1. The van der Waals surface area contributed by atoms with Gasteiger partial charge in [0, 0.05) is 13.0 Å². The molecule has 108 valence electrons. The van der Waals surface area contributed by atoms with Gasteiger partial charge in [0.1, 0.15) is 6.04 Å². The van der Waals surface area contributed by atoms with Crippen molar-refractivity contribution < 1.29 is 14.7 Å². The molecule has 5 heteroatoms. The quantitative estimate of drug-likeness (QED) is 0.743. The van der Waals surface area contributed by atoms with Gasteiger partial charge in [-0.25, -0.2) is 4.79 Å². The zero-order valence-electron chi connectivity index (χ0n) is 11.6. The van der Waals surface area contributed by atoms with Crippen LogP contribution in [0.2, 0.25) is 0 Å². The molecule has 1 amide bonds. The first-order valence-electron chi connectivity index (χ1n) is 6.80. The molecule has 1 fully saturated rings. The largest absolute Gasteiger partial charge is 0.480 e. The predicted molar refractivity (Wildman–Crippen MR) is 75.3 cm³/mol. The van der Waals surface area contributed by atoms with Crippen LogP contribution < -0.4 is 10.6 Å². The van der Waals surface area contributed by atoms with Gasteiger partial charge in [-0.2, -0.15) is 0 Å². The Bertz CT molecular complexity index is 481. The lowest BCUT2D eigenvalue weighted by atomic mass is 9.88. The topological polar surface area (TPSA) is 78.4 Å². The summed E-state index contributed by atoms with van der Waals surface area (Å²) in [5, 5.41) is 15.1. The van der Waals surface area contributed by atoms with Gasteiger partial charge in [0.15, 0.2) is 0 Å². The summed E-state index contributed by atoms with van der Waals surface area (Å²) < 4.78 is 0. The molecular formula is C15H20N2O3. The summed E-state index contributed by atoms with van der Waals surface area (Å²) in [6.07, 6.45) is 1.03. The van der Waals surface area contributed by atoms with E-state index in [0.29, 0.717) is 13.0 Å². The Hall–Kier alpha value is -1.88. The number of amides is 1. The number of benzene rings is 1. The van der Waals surface area contributed by atoms with E-state index in [1.165, 1.54) is 0 Å². The molecule has 1 aliphatic heterocycles. The van der Waals surface area contributed by atoms with Gasteiger partial charge < -0.3 is 15.7 Å². The van der Waals surface area contributed by atoms with Crippen LogP contribution in [0, 0.1) is 5.41 Å². The molecule has 3 N–H and O–H groups in total. The van der Waals surface area contributed by atoms with Crippen LogP contribution >= 0.6 is 0 Å². The molecule has 0 bridgehead atoms. The van der Waals surface area contributed by atoms with E-state index in [4.69, 9.17) is 0 Å². The fourth-order valence-corrected chi connectivity index (χ4v) is 2.39. The van der Waals surface area contributed by atoms with E-state index in [0.717, 1.165) is 18.5 Å². The van der Waals surface area contributed by atoms with Crippen LogP contribution in [0.1, 0.15) is 18.9 Å². The number of carboxylic acids is 1. The fraction of sp³-hybridized carbons (Fsp3) is 0.467. The zero-order valence-corrected chi connectivity index (χ0v) is 11.6. The Balaban J connectivity index is 2.02. The highest BCUT2D eigenvalue weighted by Gasteiger charge is 2.38. The van der Waals surface area contributed by atoms with Crippen molar-refractivity contribution in [3.63, 3.8) is 0 Å². The van der Waals surface area contributed by atoms with Gasteiger partial charge in [-0.15, -0.1) is 0 Å². The summed E-state index contributed by atoms with van der Waals surface area (Å²) in [4.78, 5) is 23.6. The smallest absolute Gasteiger partial charge is 0.326 e. The first kappa shape index (κ1) is 14.5. The maximum atomic E-state index is 12.3. The normalized spacial score (nSPS) is 23.2. The molecular weight excluding hydrogens is 256 g/mol. The van der Waals surface area contributed by atoms with Crippen LogP contribution in [-0.4, -0.2) is 36.1 Å². The molecule has 0 aliphatic carbocycles. The maximum absolute atomic E-state index is 12.3. The van der Waals surface area contributed by atoms with Crippen LogP contribution in [0.15, 0.2) is 30.3 Å². The van der Waals surface area contributed by atoms with Crippen molar-refractivity contribution in [2.24, 2.45) is 5.41 Å². The van der Waals surface area contributed by atoms with Crippen LogP contribution in [0.5, 0.6) is 0 Å². The summed E-state index contributed by atoms with van der Waals surface area (Å²) in [6.45, 7) is 3.25. The van der Waals surface area contributed by atoms with Gasteiger partial charge in [0.25, 0.3) is 0 Å². The van der Waals surface area contributed by atoms with Crippen molar-refractivity contribution in [2.75, 3.05) is 13.1 Å². The lowest BCUT2D eigenvalue weighted by molar-refractivity contribution is -0.143. The van der Waals surface area contributed by atoms with Crippen LogP contribution in [0.3, 0.4) is 0 Å². The Morgan fingerprint density at radius 2 is 2.10 bits per heavy atom. The first-order chi connectivity index (χ1) is 9.51. The number of hydrogen-bond donors (Lipinski definition) is 3. The lowest BCUT2D eigenvalue weighted by Gasteiger charge is -2.24. The predicted octanol–water partition coefficient (Wildman–Crippen LogP) is 0.798. The van der Waals surface area contributed by atoms with E-state index in [9.17, 15) is 14.7 Å². The van der Waals surface area contributed by atoms with Gasteiger partial charge in [-0.05, 0) is 25.5 Å². The number of hydrogen-bond acceptors (Lipinski definition) is 3. The highest BCUT2D eigenvalue weighted by molar-refractivity contribution is 5.87. The average Bonchev–Trinajstić information content (AvgIpc) is 2.87. The third kappa shape index (κ3) is 3.36. The Morgan fingerprint density at radius 1 is 1.40 bits per heavy atom. The molecule has 0 saturated carbocycles. The van der Waals surface area contributed by atoms with E-state index in [1.54, 1.807) is 0 Å². The van der Waals surface area contributed by atoms with Crippen LogP contribution in [-0.2, 0) is 16.0 Å². The zero-order chi connectivity index (χ0) is 14.6. The molecule has 1 aliphatic rings. The van der Waals surface area contributed by atoms with Crippen LogP contribution in [0.25, 0.3) is 0 Å². The molecule has 2 atom stereocenters. The summed E-state index contributed by atoms with van der Waals surface area (Å²) in [6, 6.07) is 8.43. The van der Waals surface area contributed by atoms with E-state index in [1.807, 2.05) is 37.3 Å². The van der Waals surface area contributed by atoms with Gasteiger partial charge in [0.2, 0.25) is 5.91 Å². The van der Waals surface area contributed by atoms with Crippen molar-refractivity contribution in [3.05, 3.63) is 35.9 Å². The highest BCUT2D eigenvalue weighted by atomic mass is 16.4. The molecule has 1 saturated heterocycles. The maximum Gasteiger partial charge on any atom is 0.326 e. The molecule has 1 aromatic carbocycles. The van der Waals surface area contributed by atoms with Gasteiger partial charge >= 0.3 is 5.97 Å². The molecule has 0 radical (unpaired) electrons. The van der Waals surface area contributed by atoms with Crippen LogP contribution in [0.4, 0.5) is 0 Å². The highest BCUT2D eigenvalue weighted by Crippen LogP contribution is 2.24. The molecule has 1 heterocycles. The molecule has 5 nitrogen and oxygen atoms in total. The molecule has 2 rings (SSSR count). The SMILES string of the molecule is CC1(C(=O)NC(Cc2ccccc2)C(=O)O)CCNC1. The van der Waals surface area contributed by atoms with E-state index < -0.39 is 17.4 Å². The standard InChI is InChI=1S/C15H20N2O3/c1-15(7-8-16-10-15)14(20)17-12(13(18)19)9-11-5-3-2-4-6-11/h2-6,12,16H,7-10H2,1H3,(H,17,20)(H,18,19).